The second kappa shape index (κ2) is 7.51. The fourth-order valence-corrected chi connectivity index (χ4v) is 3.89. The first kappa shape index (κ1) is 19.4. The Morgan fingerprint density at radius 1 is 1.07 bits per heavy atom. The SMILES string of the molecule is CCOc1cccc(-c2nn3cc(Cl)ccc3c2-c2ccc(S(N)(=O)=O)cc2)c1. The van der Waals surface area contributed by atoms with Crippen molar-refractivity contribution in [3.8, 4) is 28.1 Å². The topological polar surface area (TPSA) is 86.7 Å². The second-order valence-electron chi connectivity index (χ2n) is 6.43. The standard InChI is InChI=1S/C21H18ClN3O3S/c1-2-28-17-5-3-4-15(12-17)21-20(19-11-8-16(22)13-25(19)24-21)14-6-9-18(10-7-14)29(23,26)27/h3-13H,2H2,1H3,(H2,23,26,27). The van der Waals surface area contributed by atoms with E-state index in [0.717, 1.165) is 33.7 Å². The lowest BCUT2D eigenvalue weighted by Gasteiger charge is -2.07. The molecule has 0 unspecified atom stereocenters. The molecule has 0 atom stereocenters. The van der Waals surface area contributed by atoms with E-state index >= 15 is 0 Å². The molecular weight excluding hydrogens is 410 g/mol. The average molecular weight is 428 g/mol. The number of ether oxygens (including phenoxy) is 1. The summed E-state index contributed by atoms with van der Waals surface area (Å²) in [5.41, 5.74) is 4.12. The largest absolute Gasteiger partial charge is 0.494 e. The zero-order valence-corrected chi connectivity index (χ0v) is 17.1. The summed E-state index contributed by atoms with van der Waals surface area (Å²) in [6, 6.07) is 17.8. The lowest BCUT2D eigenvalue weighted by Crippen LogP contribution is -2.11. The highest BCUT2D eigenvalue weighted by molar-refractivity contribution is 7.89. The molecule has 148 valence electrons. The summed E-state index contributed by atoms with van der Waals surface area (Å²) in [7, 11) is -3.77. The van der Waals surface area contributed by atoms with Crippen molar-refractivity contribution in [3.63, 3.8) is 0 Å². The molecule has 0 spiro atoms. The van der Waals surface area contributed by atoms with Crippen molar-refractivity contribution in [1.82, 2.24) is 9.61 Å². The van der Waals surface area contributed by atoms with Gasteiger partial charge in [0, 0.05) is 17.3 Å². The lowest BCUT2D eigenvalue weighted by atomic mass is 9.99. The van der Waals surface area contributed by atoms with E-state index in [2.05, 4.69) is 0 Å². The van der Waals surface area contributed by atoms with Gasteiger partial charge in [-0.2, -0.15) is 5.10 Å². The van der Waals surface area contributed by atoms with E-state index in [1.807, 2.05) is 37.3 Å². The zero-order chi connectivity index (χ0) is 20.6. The van der Waals surface area contributed by atoms with Gasteiger partial charge in [0.2, 0.25) is 10.0 Å². The summed E-state index contributed by atoms with van der Waals surface area (Å²) >= 11 is 6.15. The molecule has 0 saturated heterocycles. The van der Waals surface area contributed by atoms with Gasteiger partial charge in [-0.15, -0.1) is 0 Å². The molecule has 6 nitrogen and oxygen atoms in total. The zero-order valence-electron chi connectivity index (χ0n) is 15.5. The van der Waals surface area contributed by atoms with Crippen LogP contribution in [0.1, 0.15) is 6.92 Å². The van der Waals surface area contributed by atoms with Crippen LogP contribution in [0.4, 0.5) is 0 Å². The van der Waals surface area contributed by atoms with E-state index in [9.17, 15) is 8.42 Å². The van der Waals surface area contributed by atoms with Gasteiger partial charge in [0.05, 0.1) is 22.0 Å². The molecule has 0 aliphatic rings. The maximum atomic E-state index is 11.6. The van der Waals surface area contributed by atoms with Crippen LogP contribution in [-0.4, -0.2) is 24.6 Å². The van der Waals surface area contributed by atoms with Crippen LogP contribution >= 0.6 is 11.6 Å². The van der Waals surface area contributed by atoms with E-state index in [1.165, 1.54) is 12.1 Å². The third-order valence-corrected chi connectivity index (χ3v) is 5.64. The molecule has 2 N–H and O–H groups in total. The van der Waals surface area contributed by atoms with Crippen LogP contribution < -0.4 is 9.88 Å². The van der Waals surface area contributed by atoms with Crippen LogP contribution in [0.5, 0.6) is 5.75 Å². The fraction of sp³-hybridized carbons (Fsp3) is 0.0952. The number of hydrogen-bond donors (Lipinski definition) is 1. The van der Waals surface area contributed by atoms with E-state index in [0.29, 0.717) is 11.6 Å². The molecule has 0 saturated carbocycles. The van der Waals surface area contributed by atoms with Gasteiger partial charge < -0.3 is 4.74 Å². The van der Waals surface area contributed by atoms with Crippen LogP contribution in [0.25, 0.3) is 27.9 Å². The van der Waals surface area contributed by atoms with Gasteiger partial charge >= 0.3 is 0 Å². The minimum Gasteiger partial charge on any atom is -0.494 e. The molecule has 4 aromatic rings. The maximum Gasteiger partial charge on any atom is 0.238 e. The van der Waals surface area contributed by atoms with Gasteiger partial charge in [-0.25, -0.2) is 18.1 Å². The Bertz CT molecular complexity index is 1300. The summed E-state index contributed by atoms with van der Waals surface area (Å²) in [4.78, 5) is 0.0562. The first-order chi connectivity index (χ1) is 13.9. The first-order valence-electron chi connectivity index (χ1n) is 8.91. The lowest BCUT2D eigenvalue weighted by molar-refractivity contribution is 0.340. The Morgan fingerprint density at radius 2 is 1.83 bits per heavy atom. The Hall–Kier alpha value is -2.87. The highest BCUT2D eigenvalue weighted by Crippen LogP contribution is 2.37. The number of pyridine rings is 1. The first-order valence-corrected chi connectivity index (χ1v) is 10.8. The summed E-state index contributed by atoms with van der Waals surface area (Å²) in [6.07, 6.45) is 1.73. The van der Waals surface area contributed by atoms with Crippen LogP contribution in [0.2, 0.25) is 5.02 Å². The number of nitrogens with zero attached hydrogens (tertiary/aromatic N) is 2. The predicted octanol–water partition coefficient (Wildman–Crippen LogP) is 4.37. The maximum absolute atomic E-state index is 11.6. The molecule has 2 heterocycles. The highest BCUT2D eigenvalue weighted by atomic mass is 35.5. The molecule has 8 heteroatoms. The number of hydrogen-bond acceptors (Lipinski definition) is 4. The van der Waals surface area contributed by atoms with Gasteiger partial charge in [0.25, 0.3) is 0 Å². The van der Waals surface area contributed by atoms with E-state index < -0.39 is 10.0 Å². The molecule has 0 amide bonds. The summed E-state index contributed by atoms with van der Waals surface area (Å²) in [6.45, 7) is 2.49. The Labute approximate surface area is 173 Å². The smallest absolute Gasteiger partial charge is 0.238 e. The molecule has 2 aromatic carbocycles. The average Bonchev–Trinajstić information content (AvgIpc) is 3.06. The van der Waals surface area contributed by atoms with Gasteiger partial charge in [0.15, 0.2) is 0 Å². The third-order valence-electron chi connectivity index (χ3n) is 4.48. The number of rotatable bonds is 5. The monoisotopic (exact) mass is 427 g/mol. The summed E-state index contributed by atoms with van der Waals surface area (Å²) in [5, 5.41) is 10.5. The van der Waals surface area contributed by atoms with Crippen LogP contribution in [0.3, 0.4) is 0 Å². The van der Waals surface area contributed by atoms with Crippen molar-refractivity contribution < 1.29 is 13.2 Å². The van der Waals surface area contributed by atoms with Gasteiger partial charge in [0.1, 0.15) is 11.4 Å². The molecule has 0 bridgehead atoms. The number of aromatic nitrogens is 2. The number of halogens is 1. The molecule has 0 fully saturated rings. The van der Waals surface area contributed by atoms with Gasteiger partial charge in [-0.1, -0.05) is 35.9 Å². The van der Waals surface area contributed by atoms with Crippen LogP contribution in [0, 0.1) is 0 Å². The molecule has 2 aromatic heterocycles. The Morgan fingerprint density at radius 3 is 2.52 bits per heavy atom. The number of benzene rings is 2. The molecular formula is C21H18ClN3O3S. The minimum absolute atomic E-state index is 0.0562. The van der Waals surface area contributed by atoms with Crippen LogP contribution in [0.15, 0.2) is 71.8 Å². The summed E-state index contributed by atoms with van der Waals surface area (Å²) < 4.78 is 30.5. The van der Waals surface area contributed by atoms with Crippen molar-refractivity contribution >= 4 is 27.1 Å². The quantitative estimate of drug-likeness (QED) is 0.512. The van der Waals surface area contributed by atoms with Crippen molar-refractivity contribution in [2.45, 2.75) is 11.8 Å². The van der Waals surface area contributed by atoms with E-state index in [1.54, 1.807) is 28.9 Å². The highest BCUT2D eigenvalue weighted by Gasteiger charge is 2.18. The number of nitrogens with two attached hydrogens (primary N) is 1. The molecule has 29 heavy (non-hydrogen) atoms. The number of sulfonamides is 1. The Kier molecular flexibility index (Phi) is 5.04. The normalized spacial score (nSPS) is 11.7. The van der Waals surface area contributed by atoms with E-state index in [4.69, 9.17) is 26.6 Å². The molecule has 0 radical (unpaired) electrons. The minimum atomic E-state index is -3.77. The van der Waals surface area contributed by atoms with Gasteiger partial charge in [-0.3, -0.25) is 0 Å². The van der Waals surface area contributed by atoms with Gasteiger partial charge in [-0.05, 0) is 48.9 Å². The van der Waals surface area contributed by atoms with Crippen molar-refractivity contribution in [3.05, 3.63) is 71.9 Å². The Balaban J connectivity index is 1.95. The predicted molar refractivity (Wildman–Crippen MR) is 114 cm³/mol. The van der Waals surface area contributed by atoms with Crippen molar-refractivity contribution in [1.29, 1.82) is 0 Å². The molecule has 4 rings (SSSR count). The number of primary sulfonamides is 1. The number of fused-ring (bicyclic) bond motifs is 1. The molecule has 0 aliphatic heterocycles. The van der Waals surface area contributed by atoms with Crippen molar-refractivity contribution in [2.24, 2.45) is 5.14 Å². The van der Waals surface area contributed by atoms with E-state index in [-0.39, 0.29) is 4.90 Å². The third kappa shape index (κ3) is 3.85. The molecule has 0 aliphatic carbocycles. The summed E-state index contributed by atoms with van der Waals surface area (Å²) in [5.74, 6) is 0.746. The fourth-order valence-electron chi connectivity index (χ4n) is 3.22. The van der Waals surface area contributed by atoms with Crippen LogP contribution in [-0.2, 0) is 10.0 Å². The van der Waals surface area contributed by atoms with Crippen molar-refractivity contribution in [2.75, 3.05) is 6.61 Å². The second-order valence-corrected chi connectivity index (χ2v) is 8.43.